The minimum Gasteiger partial charge on any atom is -0.497 e. The van der Waals surface area contributed by atoms with Crippen molar-refractivity contribution in [1.82, 2.24) is 4.57 Å². The first-order valence-corrected chi connectivity index (χ1v) is 11.2. The Morgan fingerprint density at radius 3 is 2.44 bits per heavy atom. The van der Waals surface area contributed by atoms with Gasteiger partial charge in [0.15, 0.2) is 4.80 Å². The molecule has 2 aromatic carbocycles. The molecule has 0 fully saturated rings. The average molecular weight is 479 g/mol. The lowest BCUT2D eigenvalue weighted by Gasteiger charge is -2.24. The summed E-state index contributed by atoms with van der Waals surface area (Å²) in [6.45, 7) is 3.03. The smallest absolute Gasteiger partial charge is 0.338 e. The van der Waals surface area contributed by atoms with Crippen molar-refractivity contribution in [3.63, 3.8) is 0 Å². The summed E-state index contributed by atoms with van der Waals surface area (Å²) in [4.78, 5) is 42.8. The van der Waals surface area contributed by atoms with Gasteiger partial charge in [0.1, 0.15) is 11.5 Å². The lowest BCUT2D eigenvalue weighted by Crippen LogP contribution is -2.39. The second-order valence-electron chi connectivity index (χ2n) is 7.48. The van der Waals surface area contributed by atoms with Crippen LogP contribution in [0.5, 0.6) is 11.5 Å². The van der Waals surface area contributed by atoms with Crippen LogP contribution in [0.2, 0.25) is 0 Å². The van der Waals surface area contributed by atoms with Crippen molar-refractivity contribution in [2.45, 2.75) is 19.9 Å². The van der Waals surface area contributed by atoms with Gasteiger partial charge in [-0.2, -0.15) is 0 Å². The highest BCUT2D eigenvalue weighted by Crippen LogP contribution is 2.31. The number of aromatic nitrogens is 1. The molecule has 0 bridgehead atoms. The minimum atomic E-state index is -0.722. The zero-order valence-corrected chi connectivity index (χ0v) is 19.8. The first kappa shape index (κ1) is 23.2. The molecular formula is C25H22N2O6S. The van der Waals surface area contributed by atoms with E-state index in [0.717, 1.165) is 0 Å². The summed E-state index contributed by atoms with van der Waals surface area (Å²) in [5.41, 5.74) is 1.72. The number of carbonyl (C=O) groups excluding carboxylic acids is 2. The molecule has 0 radical (unpaired) electrons. The van der Waals surface area contributed by atoms with Crippen LogP contribution in [-0.2, 0) is 14.3 Å². The number of benzene rings is 2. The van der Waals surface area contributed by atoms with Gasteiger partial charge in [-0.05, 0) is 36.8 Å². The molecule has 0 saturated heterocycles. The van der Waals surface area contributed by atoms with Crippen LogP contribution in [-0.4, -0.2) is 30.7 Å². The molecule has 1 aromatic heterocycles. The first-order valence-electron chi connectivity index (χ1n) is 10.4. The Morgan fingerprint density at radius 1 is 1.09 bits per heavy atom. The van der Waals surface area contributed by atoms with Crippen molar-refractivity contribution in [2.24, 2.45) is 4.99 Å². The second-order valence-corrected chi connectivity index (χ2v) is 8.49. The van der Waals surface area contributed by atoms with E-state index in [-0.39, 0.29) is 11.1 Å². The minimum absolute atomic E-state index is 0.284. The number of thiazole rings is 1. The van der Waals surface area contributed by atoms with E-state index < -0.39 is 18.0 Å². The molecule has 1 aliphatic heterocycles. The Morgan fingerprint density at radius 2 is 1.79 bits per heavy atom. The lowest BCUT2D eigenvalue weighted by atomic mass is 9.96. The van der Waals surface area contributed by atoms with Gasteiger partial charge in [-0.3, -0.25) is 14.2 Å². The van der Waals surface area contributed by atoms with Gasteiger partial charge in [-0.15, -0.1) is 0 Å². The average Bonchev–Trinajstić information content (AvgIpc) is 3.13. The van der Waals surface area contributed by atoms with Gasteiger partial charge in [-0.1, -0.05) is 41.7 Å². The Balaban J connectivity index is 1.94. The largest absolute Gasteiger partial charge is 0.497 e. The zero-order valence-electron chi connectivity index (χ0n) is 19.0. The van der Waals surface area contributed by atoms with Gasteiger partial charge < -0.3 is 14.2 Å². The van der Waals surface area contributed by atoms with Crippen LogP contribution in [0.25, 0.3) is 6.08 Å². The van der Waals surface area contributed by atoms with Crippen molar-refractivity contribution < 1.29 is 23.8 Å². The van der Waals surface area contributed by atoms with Crippen molar-refractivity contribution >= 4 is 29.4 Å². The van der Waals surface area contributed by atoms with E-state index in [0.29, 0.717) is 37.7 Å². The number of rotatable bonds is 5. The second kappa shape index (κ2) is 9.48. The third-order valence-electron chi connectivity index (χ3n) is 5.32. The van der Waals surface area contributed by atoms with Crippen LogP contribution in [0.1, 0.15) is 31.0 Å². The van der Waals surface area contributed by atoms with E-state index in [1.807, 2.05) is 0 Å². The van der Waals surface area contributed by atoms with E-state index in [1.165, 1.54) is 29.9 Å². The van der Waals surface area contributed by atoms with Crippen LogP contribution < -0.4 is 24.4 Å². The van der Waals surface area contributed by atoms with Crippen LogP contribution in [0.3, 0.4) is 0 Å². The van der Waals surface area contributed by atoms with Gasteiger partial charge in [0.25, 0.3) is 5.56 Å². The van der Waals surface area contributed by atoms with E-state index in [9.17, 15) is 14.4 Å². The summed E-state index contributed by atoms with van der Waals surface area (Å²) in [7, 11) is 2.86. The molecule has 4 rings (SSSR count). The number of para-hydroxylation sites is 1. The Bertz CT molecular complexity index is 1480. The fourth-order valence-electron chi connectivity index (χ4n) is 3.78. The topological polar surface area (TPSA) is 96.2 Å². The third-order valence-corrected chi connectivity index (χ3v) is 6.30. The first-order chi connectivity index (χ1) is 16.3. The van der Waals surface area contributed by atoms with Gasteiger partial charge in [0.05, 0.1) is 36.1 Å². The van der Waals surface area contributed by atoms with E-state index in [4.69, 9.17) is 14.2 Å². The molecular weight excluding hydrogens is 456 g/mol. The highest BCUT2D eigenvalue weighted by Gasteiger charge is 2.33. The van der Waals surface area contributed by atoms with Crippen molar-refractivity contribution in [2.75, 3.05) is 14.2 Å². The third kappa shape index (κ3) is 4.29. The maximum absolute atomic E-state index is 13.6. The monoisotopic (exact) mass is 478 g/mol. The number of allylic oxidation sites excluding steroid dienone is 1. The van der Waals surface area contributed by atoms with Crippen LogP contribution in [0, 0.1) is 0 Å². The van der Waals surface area contributed by atoms with E-state index >= 15 is 0 Å². The fraction of sp³-hybridized carbons (Fsp3) is 0.200. The summed E-state index contributed by atoms with van der Waals surface area (Å²) in [5.74, 6) is -0.0192. The Hall–Kier alpha value is -3.98. The number of methoxy groups -OCH3 is 2. The fourth-order valence-corrected chi connectivity index (χ4v) is 4.82. The molecule has 9 heteroatoms. The molecule has 34 heavy (non-hydrogen) atoms. The highest BCUT2D eigenvalue weighted by molar-refractivity contribution is 7.07. The number of ether oxygens (including phenoxy) is 3. The van der Waals surface area contributed by atoms with Gasteiger partial charge in [0, 0.05) is 12.5 Å². The van der Waals surface area contributed by atoms with Gasteiger partial charge >= 0.3 is 11.9 Å². The number of hydrogen-bond donors (Lipinski definition) is 0. The summed E-state index contributed by atoms with van der Waals surface area (Å²) in [5, 5.41) is 0. The molecule has 0 spiro atoms. The molecule has 8 nitrogen and oxygen atoms in total. The molecule has 1 atom stereocenters. The standard InChI is InChI=1S/C25H22N2O6S/c1-14-21(24(30)32-4)22(16-9-11-18(31-3)12-10-16)27-23(29)20(34-25(27)26-14)13-17-7-5-6-8-19(17)33-15(2)28/h5-13,22H,1-4H3/b20-13-/t22-/m0/s1. The normalized spacial score (nSPS) is 15.4. The molecule has 0 aliphatic carbocycles. The van der Waals surface area contributed by atoms with Crippen LogP contribution >= 0.6 is 11.3 Å². The molecule has 0 amide bonds. The molecule has 2 heterocycles. The number of hydrogen-bond acceptors (Lipinski definition) is 8. The summed E-state index contributed by atoms with van der Waals surface area (Å²) in [6.07, 6.45) is 1.66. The number of carbonyl (C=O) groups is 2. The Kier molecular flexibility index (Phi) is 6.47. The Labute approximate surface area is 199 Å². The summed E-state index contributed by atoms with van der Waals surface area (Å²) in [6, 6.07) is 13.4. The van der Waals surface area contributed by atoms with Crippen LogP contribution in [0.4, 0.5) is 0 Å². The predicted octanol–water partition coefficient (Wildman–Crippen LogP) is 2.34. The number of esters is 2. The zero-order chi connectivity index (χ0) is 24.4. The maximum Gasteiger partial charge on any atom is 0.338 e. The number of nitrogens with zero attached hydrogens (tertiary/aromatic N) is 2. The van der Waals surface area contributed by atoms with Crippen molar-refractivity contribution in [3.05, 3.63) is 90.6 Å². The van der Waals surface area contributed by atoms with Crippen molar-refractivity contribution in [3.8, 4) is 11.5 Å². The summed E-state index contributed by atoms with van der Waals surface area (Å²) < 4.78 is 17.4. The van der Waals surface area contributed by atoms with Crippen LogP contribution in [0.15, 0.2) is 69.6 Å². The molecule has 0 saturated carbocycles. The predicted molar refractivity (Wildman–Crippen MR) is 127 cm³/mol. The van der Waals surface area contributed by atoms with E-state index in [1.54, 1.807) is 68.6 Å². The van der Waals surface area contributed by atoms with Crippen molar-refractivity contribution in [1.29, 1.82) is 0 Å². The molecule has 0 unspecified atom stereocenters. The molecule has 3 aromatic rings. The maximum atomic E-state index is 13.6. The molecule has 174 valence electrons. The van der Waals surface area contributed by atoms with Gasteiger partial charge in [0.2, 0.25) is 0 Å². The highest BCUT2D eigenvalue weighted by atomic mass is 32.1. The number of fused-ring (bicyclic) bond motifs is 1. The molecule has 0 N–H and O–H groups in total. The lowest BCUT2D eigenvalue weighted by molar-refractivity contribution is -0.136. The molecule has 1 aliphatic rings. The quantitative estimate of drug-likeness (QED) is 0.413. The van der Waals surface area contributed by atoms with E-state index in [2.05, 4.69) is 4.99 Å². The summed E-state index contributed by atoms with van der Waals surface area (Å²) >= 11 is 1.19. The SMILES string of the molecule is COC(=O)C1=C(C)N=c2s/c(=C\c3ccccc3OC(C)=O)c(=O)n2[C@H]1c1ccc(OC)cc1. The van der Waals surface area contributed by atoms with Gasteiger partial charge in [-0.25, -0.2) is 9.79 Å².